The zero-order valence-electron chi connectivity index (χ0n) is 35.9. The van der Waals surface area contributed by atoms with Gasteiger partial charge in [-0.05, 0) is 12.8 Å². The number of ketones is 1. The number of nitrogens with one attached hydrogen (secondary N) is 2. The molecule has 7 atom stereocenters. The van der Waals surface area contributed by atoms with E-state index in [4.69, 9.17) is 19.5 Å². The second-order valence-electron chi connectivity index (χ2n) is 16.0. The number of hydrogen-bond donors (Lipinski definition) is 9. The number of aliphatic hydroxyl groups is 2. The molecule has 24 nitrogen and oxygen atoms in total. The molecular weight excluding hydrogens is 895 g/mol. The zero-order chi connectivity index (χ0) is 46.8. The van der Waals surface area contributed by atoms with E-state index in [9.17, 15) is 57.9 Å². The Kier molecular flexibility index (Phi) is 22.3. The number of phosphoric ester groups is 3. The summed E-state index contributed by atoms with van der Waals surface area (Å²) in [5.41, 5.74) is 4.29. The second kappa shape index (κ2) is 25.8. The largest absolute Gasteiger partial charge is 0.481 e. The van der Waals surface area contributed by atoms with Gasteiger partial charge in [0, 0.05) is 37.8 Å². The molecule has 2 amide bonds. The van der Waals surface area contributed by atoms with E-state index in [1.54, 1.807) is 0 Å². The van der Waals surface area contributed by atoms with Crippen molar-refractivity contribution >= 4 is 58.0 Å². The van der Waals surface area contributed by atoms with Gasteiger partial charge in [-0.3, -0.25) is 32.5 Å². The van der Waals surface area contributed by atoms with Crippen molar-refractivity contribution < 1.29 is 80.5 Å². The first-order valence-corrected chi connectivity index (χ1v) is 25.5. The van der Waals surface area contributed by atoms with E-state index in [0.29, 0.717) is 19.3 Å². The lowest BCUT2D eigenvalue weighted by molar-refractivity contribution is -0.137. The number of hydrogen-bond acceptors (Lipinski definition) is 17. The van der Waals surface area contributed by atoms with Gasteiger partial charge in [0.1, 0.15) is 42.0 Å². The zero-order valence-corrected chi connectivity index (χ0v) is 38.5. The van der Waals surface area contributed by atoms with Crippen LogP contribution in [0.25, 0.3) is 11.2 Å². The number of aromatic nitrogens is 4. The number of unbranched alkanes of at least 4 members (excludes halogenated alkanes) is 10. The lowest BCUT2D eigenvalue weighted by Crippen LogP contribution is -2.46. The van der Waals surface area contributed by atoms with Crippen molar-refractivity contribution in [1.29, 1.82) is 0 Å². The summed E-state index contributed by atoms with van der Waals surface area (Å²) in [7, 11) is -16.4. The third kappa shape index (κ3) is 19.3. The normalized spacial score (nSPS) is 20.6. The fourth-order valence-electron chi connectivity index (χ4n) is 6.56. The number of Topliss-reactive ketones (excluding diaryl/α,β-unsaturated/α-hetero) is 1. The number of carbonyl (C=O) groups is 3. The van der Waals surface area contributed by atoms with Crippen LogP contribution in [-0.2, 0) is 50.7 Å². The molecule has 0 spiro atoms. The number of ether oxygens (including phenoxy) is 1. The number of nitrogen functional groups attached to an aromatic ring is 1. The molecule has 63 heavy (non-hydrogen) atoms. The number of phosphoric acid groups is 3. The molecule has 360 valence electrons. The molecule has 2 aromatic rings. The molecule has 3 rings (SSSR count). The summed E-state index contributed by atoms with van der Waals surface area (Å²) in [5.74, 6) is -1.25. The number of anilines is 1. The Balaban J connectivity index is 1.35. The van der Waals surface area contributed by atoms with Crippen molar-refractivity contribution in [1.82, 2.24) is 30.2 Å². The highest BCUT2D eigenvalue weighted by molar-refractivity contribution is 7.61. The fraction of sp³-hybridized carbons (Fsp3) is 0.778. The molecule has 2 unspecified atom stereocenters. The van der Waals surface area contributed by atoms with E-state index in [-0.39, 0.29) is 42.3 Å². The van der Waals surface area contributed by atoms with Gasteiger partial charge in [-0.1, -0.05) is 85.0 Å². The lowest BCUT2D eigenvalue weighted by Gasteiger charge is -2.30. The van der Waals surface area contributed by atoms with E-state index in [1.165, 1.54) is 65.2 Å². The monoisotopic (exact) mass is 959 g/mol. The number of fused-ring (bicyclic) bond motifs is 1. The van der Waals surface area contributed by atoms with Gasteiger partial charge in [0.2, 0.25) is 11.8 Å². The van der Waals surface area contributed by atoms with Crippen molar-refractivity contribution in [2.24, 2.45) is 5.41 Å². The average molecular weight is 960 g/mol. The maximum absolute atomic E-state index is 12.7. The van der Waals surface area contributed by atoms with Crippen LogP contribution in [0, 0.1) is 5.41 Å². The first kappa shape index (κ1) is 54.5. The van der Waals surface area contributed by atoms with Crippen molar-refractivity contribution in [2.75, 3.05) is 32.0 Å². The number of nitrogens with zero attached hydrogens (tertiary/aromatic N) is 4. The summed E-state index contributed by atoms with van der Waals surface area (Å²) in [5, 5.41) is 26.6. The maximum atomic E-state index is 12.7. The van der Waals surface area contributed by atoms with Gasteiger partial charge in [0.15, 0.2) is 17.7 Å². The van der Waals surface area contributed by atoms with Crippen molar-refractivity contribution in [3.63, 3.8) is 0 Å². The van der Waals surface area contributed by atoms with Crippen LogP contribution in [0.1, 0.15) is 123 Å². The minimum Gasteiger partial charge on any atom is -0.386 e. The molecule has 1 saturated heterocycles. The van der Waals surface area contributed by atoms with Crippen LogP contribution >= 0.6 is 23.5 Å². The Morgan fingerprint density at radius 3 is 2.10 bits per heavy atom. The predicted octanol–water partition coefficient (Wildman–Crippen LogP) is 3.46. The highest BCUT2D eigenvalue weighted by Gasteiger charge is 2.50. The van der Waals surface area contributed by atoms with Gasteiger partial charge in [-0.25, -0.2) is 28.6 Å². The molecular formula is C36H64N7O17P3. The maximum Gasteiger partial charge on any atom is 0.481 e. The fourth-order valence-corrected chi connectivity index (χ4v) is 9.39. The summed E-state index contributed by atoms with van der Waals surface area (Å²) < 4.78 is 62.3. The first-order valence-electron chi connectivity index (χ1n) is 21.0. The first-order chi connectivity index (χ1) is 29.6. The van der Waals surface area contributed by atoms with Crippen LogP contribution < -0.4 is 16.4 Å². The molecule has 0 bridgehead atoms. The Bertz CT molecular complexity index is 1920. The molecule has 27 heteroatoms. The molecule has 1 aliphatic rings. The molecule has 0 aliphatic carbocycles. The summed E-state index contributed by atoms with van der Waals surface area (Å²) in [6.07, 6.45) is 7.70. The van der Waals surface area contributed by atoms with Crippen LogP contribution in [0.15, 0.2) is 12.7 Å². The smallest absolute Gasteiger partial charge is 0.386 e. The average Bonchev–Trinajstić information content (AvgIpc) is 3.76. The Labute approximate surface area is 365 Å². The molecule has 3 heterocycles. The SMILES string of the molecule is CCCCCCCCCCCCCC(=O)CCCNC(=O)CCNC(=O)[C@H](O)C(C)(C)COP(=O)(O)OP(=O)(O)OC[C@H]1O[C@@H](n2cnc3c(N)ncnc32)[C@H](O)[C@@H]1OP(=O)(O)O. The van der Waals surface area contributed by atoms with Gasteiger partial charge in [0.05, 0.1) is 19.5 Å². The highest BCUT2D eigenvalue weighted by Crippen LogP contribution is 2.61. The Morgan fingerprint density at radius 1 is 0.857 bits per heavy atom. The minimum absolute atomic E-state index is 0.0341. The van der Waals surface area contributed by atoms with Gasteiger partial charge < -0.3 is 50.9 Å². The molecule has 0 saturated carbocycles. The van der Waals surface area contributed by atoms with Crippen molar-refractivity contribution in [3.05, 3.63) is 12.7 Å². The number of amides is 2. The number of rotatable bonds is 32. The molecule has 0 aromatic carbocycles. The molecule has 2 aromatic heterocycles. The topological polar surface area (TPSA) is 364 Å². The van der Waals surface area contributed by atoms with E-state index < -0.39 is 84.6 Å². The Hall–Kier alpha value is -2.79. The second-order valence-corrected chi connectivity index (χ2v) is 20.2. The summed E-state index contributed by atoms with van der Waals surface area (Å²) in [6.45, 7) is 2.84. The quantitative estimate of drug-likeness (QED) is 0.0374. The highest BCUT2D eigenvalue weighted by atomic mass is 31.3. The van der Waals surface area contributed by atoms with Crippen LogP contribution in [-0.4, -0.2) is 118 Å². The van der Waals surface area contributed by atoms with Gasteiger partial charge >= 0.3 is 23.5 Å². The number of aliphatic hydroxyl groups excluding tert-OH is 2. The van der Waals surface area contributed by atoms with Crippen molar-refractivity contribution in [2.45, 2.75) is 148 Å². The van der Waals surface area contributed by atoms with Gasteiger partial charge in [-0.2, -0.15) is 4.31 Å². The van der Waals surface area contributed by atoms with E-state index in [2.05, 4.69) is 41.3 Å². The molecule has 1 fully saturated rings. The van der Waals surface area contributed by atoms with E-state index in [0.717, 1.165) is 36.5 Å². The summed E-state index contributed by atoms with van der Waals surface area (Å²) in [4.78, 5) is 88.2. The number of nitrogens with two attached hydrogens (primary N) is 1. The van der Waals surface area contributed by atoms with Crippen LogP contribution in [0.3, 0.4) is 0 Å². The molecule has 10 N–H and O–H groups in total. The summed E-state index contributed by atoms with van der Waals surface area (Å²) in [6, 6.07) is 0. The predicted molar refractivity (Wildman–Crippen MR) is 225 cm³/mol. The lowest BCUT2D eigenvalue weighted by atomic mass is 9.87. The molecule has 1 aliphatic heterocycles. The van der Waals surface area contributed by atoms with E-state index in [1.807, 2.05) is 0 Å². The van der Waals surface area contributed by atoms with Gasteiger partial charge in [0.25, 0.3) is 0 Å². The van der Waals surface area contributed by atoms with Gasteiger partial charge in [-0.15, -0.1) is 0 Å². The molecule has 0 radical (unpaired) electrons. The van der Waals surface area contributed by atoms with Crippen molar-refractivity contribution in [3.8, 4) is 0 Å². The third-order valence-electron chi connectivity index (χ3n) is 10.1. The van der Waals surface area contributed by atoms with Crippen LogP contribution in [0.4, 0.5) is 5.82 Å². The van der Waals surface area contributed by atoms with Crippen LogP contribution in [0.5, 0.6) is 0 Å². The van der Waals surface area contributed by atoms with Crippen LogP contribution in [0.2, 0.25) is 0 Å². The minimum atomic E-state index is -5.57. The summed E-state index contributed by atoms with van der Waals surface area (Å²) >= 11 is 0. The number of carbonyl (C=O) groups excluding carboxylic acids is 3. The Morgan fingerprint density at radius 2 is 1.46 bits per heavy atom. The third-order valence-corrected chi connectivity index (χ3v) is 13.2. The standard InChI is InChI=1S/C36H64N7O17P3/c1-4-5-6-7-8-9-10-11-12-13-14-16-25(44)17-15-19-38-27(45)18-20-39-34(48)31(47)36(2,3)22-57-63(54,55)60-62(52,53)56-21-26-30(59-61(49,50)51)29(46)35(58-26)43-24-42-28-32(37)40-23-41-33(28)43/h23-24,26,29-31,35,46-47H,4-22H2,1-3H3,(H,38,45)(H,39,48)(H,52,53)(H,54,55)(H2,37,40,41)(H2,49,50,51)/t26-,29-,30-,31+,35-/m1/s1. The van der Waals surface area contributed by atoms with E-state index >= 15 is 0 Å². The number of imidazole rings is 1.